The predicted octanol–water partition coefficient (Wildman–Crippen LogP) is 3.45. The summed E-state index contributed by atoms with van der Waals surface area (Å²) in [6, 6.07) is 7.67. The molecule has 1 aliphatic carbocycles. The Bertz CT molecular complexity index is 644. The monoisotopic (exact) mass is 316 g/mol. The molecule has 2 aromatic rings. The van der Waals surface area contributed by atoms with E-state index >= 15 is 0 Å². The van der Waals surface area contributed by atoms with Gasteiger partial charge in [-0.3, -0.25) is 0 Å². The highest BCUT2D eigenvalue weighted by Crippen LogP contribution is 2.29. The number of thioether (sulfide) groups is 1. The van der Waals surface area contributed by atoms with E-state index in [2.05, 4.69) is 9.97 Å². The van der Waals surface area contributed by atoms with Gasteiger partial charge in [0.15, 0.2) is 0 Å². The van der Waals surface area contributed by atoms with E-state index in [0.29, 0.717) is 6.61 Å². The van der Waals surface area contributed by atoms with Crippen LogP contribution in [0.2, 0.25) is 0 Å². The second kappa shape index (κ2) is 7.01. The molecule has 22 heavy (non-hydrogen) atoms. The third kappa shape index (κ3) is 3.53. The second-order valence-corrected chi connectivity index (χ2v) is 6.31. The topological polar surface area (TPSA) is 44.2 Å². The van der Waals surface area contributed by atoms with Gasteiger partial charge in [-0.1, -0.05) is 0 Å². The molecule has 3 rings (SSSR count). The van der Waals surface area contributed by atoms with Crippen molar-refractivity contribution in [2.75, 3.05) is 19.5 Å². The van der Waals surface area contributed by atoms with Gasteiger partial charge in [0.05, 0.1) is 13.7 Å². The zero-order chi connectivity index (χ0) is 15.4. The molecule has 1 aliphatic rings. The molecule has 0 radical (unpaired) electrons. The molecule has 0 bridgehead atoms. The quantitative estimate of drug-likeness (QED) is 0.464. The summed E-state index contributed by atoms with van der Waals surface area (Å²) >= 11 is 1.77. The summed E-state index contributed by atoms with van der Waals surface area (Å²) in [7, 11) is 1.66. The van der Waals surface area contributed by atoms with Gasteiger partial charge >= 0.3 is 0 Å². The first-order valence-corrected chi connectivity index (χ1v) is 8.51. The number of rotatable bonds is 6. The van der Waals surface area contributed by atoms with Gasteiger partial charge in [-0.05, 0) is 50.5 Å². The van der Waals surface area contributed by atoms with Gasteiger partial charge in [0.25, 0.3) is 0 Å². The number of aryl methyl sites for hydroxylation is 2. The Labute approximate surface area is 135 Å². The van der Waals surface area contributed by atoms with Gasteiger partial charge < -0.3 is 9.47 Å². The lowest BCUT2D eigenvalue weighted by Crippen LogP contribution is -2.03. The molecule has 0 fully saturated rings. The molecule has 0 N–H and O–H groups in total. The highest BCUT2D eigenvalue weighted by atomic mass is 32.2. The summed E-state index contributed by atoms with van der Waals surface area (Å²) in [5.74, 6) is 3.47. The van der Waals surface area contributed by atoms with E-state index in [1.807, 2.05) is 31.2 Å². The fraction of sp³-hybridized carbons (Fsp3) is 0.412. The molecule has 1 aromatic carbocycles. The first-order valence-electron chi connectivity index (χ1n) is 7.52. The van der Waals surface area contributed by atoms with Crippen LogP contribution in [0.5, 0.6) is 11.5 Å². The number of methoxy groups -OCH3 is 1. The van der Waals surface area contributed by atoms with Crippen LogP contribution in [0.4, 0.5) is 0 Å². The lowest BCUT2D eigenvalue weighted by atomic mass is 10.3. The number of benzene rings is 1. The lowest BCUT2D eigenvalue weighted by Gasteiger charge is -2.09. The number of hydrogen-bond acceptors (Lipinski definition) is 5. The van der Waals surface area contributed by atoms with E-state index in [1.54, 1.807) is 18.9 Å². The van der Waals surface area contributed by atoms with Crippen LogP contribution in [0.3, 0.4) is 0 Å². The molecular formula is C17H20N2O2S. The zero-order valence-electron chi connectivity index (χ0n) is 13.0. The average Bonchev–Trinajstić information content (AvgIpc) is 3.00. The molecule has 1 heterocycles. The summed E-state index contributed by atoms with van der Waals surface area (Å²) in [5, 5.41) is 1.14. The van der Waals surface area contributed by atoms with Gasteiger partial charge in [-0.2, -0.15) is 0 Å². The molecule has 4 nitrogen and oxygen atoms in total. The fourth-order valence-corrected chi connectivity index (χ4v) is 3.56. The Morgan fingerprint density at radius 3 is 2.64 bits per heavy atom. The Morgan fingerprint density at radius 1 is 1.09 bits per heavy atom. The van der Waals surface area contributed by atoms with Crippen molar-refractivity contribution < 1.29 is 9.47 Å². The first kappa shape index (κ1) is 15.2. The van der Waals surface area contributed by atoms with Crippen molar-refractivity contribution in [2.24, 2.45) is 0 Å². The van der Waals surface area contributed by atoms with Crippen molar-refractivity contribution in [1.29, 1.82) is 0 Å². The van der Waals surface area contributed by atoms with Crippen molar-refractivity contribution in [2.45, 2.75) is 31.2 Å². The van der Waals surface area contributed by atoms with E-state index in [9.17, 15) is 0 Å². The third-order valence-corrected chi connectivity index (χ3v) is 4.64. The molecule has 0 amide bonds. The van der Waals surface area contributed by atoms with Gasteiger partial charge in [0.1, 0.15) is 22.3 Å². The standard InChI is InChI=1S/C17H20N2O2S/c1-12-18-16-5-3-4-15(16)17(19-12)22-11-10-21-14-8-6-13(20-2)7-9-14/h6-9H,3-5,10-11H2,1-2H3. The fourth-order valence-electron chi connectivity index (χ4n) is 2.61. The first-order chi connectivity index (χ1) is 10.8. The normalized spacial score (nSPS) is 13.0. The van der Waals surface area contributed by atoms with Gasteiger partial charge in [-0.15, -0.1) is 11.8 Å². The average molecular weight is 316 g/mol. The van der Waals surface area contributed by atoms with Crippen molar-refractivity contribution in [3.8, 4) is 11.5 Å². The Morgan fingerprint density at radius 2 is 1.86 bits per heavy atom. The number of aromatic nitrogens is 2. The zero-order valence-corrected chi connectivity index (χ0v) is 13.8. The van der Waals surface area contributed by atoms with Crippen LogP contribution in [0.25, 0.3) is 0 Å². The molecular weight excluding hydrogens is 296 g/mol. The number of nitrogens with zero attached hydrogens (tertiary/aromatic N) is 2. The van der Waals surface area contributed by atoms with Gasteiger partial charge in [0.2, 0.25) is 0 Å². The van der Waals surface area contributed by atoms with Crippen molar-refractivity contribution in [1.82, 2.24) is 9.97 Å². The van der Waals surface area contributed by atoms with Crippen LogP contribution in [-0.4, -0.2) is 29.4 Å². The van der Waals surface area contributed by atoms with Crippen LogP contribution in [-0.2, 0) is 12.8 Å². The SMILES string of the molecule is COc1ccc(OCCSc2nc(C)nc3c2CCC3)cc1. The van der Waals surface area contributed by atoms with E-state index in [0.717, 1.165) is 40.9 Å². The molecule has 0 unspecified atom stereocenters. The number of fused-ring (bicyclic) bond motifs is 1. The van der Waals surface area contributed by atoms with Crippen LogP contribution in [0, 0.1) is 6.92 Å². The highest BCUT2D eigenvalue weighted by Gasteiger charge is 2.18. The van der Waals surface area contributed by atoms with Crippen molar-refractivity contribution in [3.63, 3.8) is 0 Å². The summed E-state index contributed by atoms with van der Waals surface area (Å²) < 4.78 is 10.9. The molecule has 0 saturated heterocycles. The molecule has 116 valence electrons. The van der Waals surface area contributed by atoms with Crippen LogP contribution in [0.1, 0.15) is 23.5 Å². The molecule has 1 aromatic heterocycles. The predicted molar refractivity (Wildman–Crippen MR) is 88.0 cm³/mol. The van der Waals surface area contributed by atoms with Crippen molar-refractivity contribution in [3.05, 3.63) is 41.3 Å². The lowest BCUT2D eigenvalue weighted by molar-refractivity contribution is 0.342. The Hall–Kier alpha value is -1.75. The second-order valence-electron chi connectivity index (χ2n) is 5.23. The molecule has 5 heteroatoms. The van der Waals surface area contributed by atoms with Crippen LogP contribution >= 0.6 is 11.8 Å². The van der Waals surface area contributed by atoms with Crippen LogP contribution in [0.15, 0.2) is 29.3 Å². The molecule has 0 spiro atoms. The minimum Gasteiger partial charge on any atom is -0.497 e. The molecule has 0 aliphatic heterocycles. The maximum atomic E-state index is 5.76. The smallest absolute Gasteiger partial charge is 0.126 e. The van der Waals surface area contributed by atoms with Gasteiger partial charge in [-0.25, -0.2) is 9.97 Å². The number of hydrogen-bond donors (Lipinski definition) is 0. The minimum atomic E-state index is 0.662. The van der Waals surface area contributed by atoms with Gasteiger partial charge in [0, 0.05) is 17.0 Å². The minimum absolute atomic E-state index is 0.662. The Balaban J connectivity index is 1.53. The maximum absolute atomic E-state index is 5.76. The van der Waals surface area contributed by atoms with E-state index in [-0.39, 0.29) is 0 Å². The molecule has 0 saturated carbocycles. The van der Waals surface area contributed by atoms with E-state index in [1.165, 1.54) is 17.7 Å². The van der Waals surface area contributed by atoms with E-state index < -0.39 is 0 Å². The van der Waals surface area contributed by atoms with E-state index in [4.69, 9.17) is 9.47 Å². The largest absolute Gasteiger partial charge is 0.497 e. The summed E-state index contributed by atoms with van der Waals surface area (Å²) in [6.07, 6.45) is 3.40. The van der Waals surface area contributed by atoms with Crippen LogP contribution < -0.4 is 9.47 Å². The maximum Gasteiger partial charge on any atom is 0.126 e. The summed E-state index contributed by atoms with van der Waals surface area (Å²) in [6.45, 7) is 2.63. The van der Waals surface area contributed by atoms with Crippen molar-refractivity contribution >= 4 is 11.8 Å². The summed E-state index contributed by atoms with van der Waals surface area (Å²) in [4.78, 5) is 9.13. The summed E-state index contributed by atoms with van der Waals surface area (Å²) in [5.41, 5.74) is 2.59. The Kier molecular flexibility index (Phi) is 4.83. The third-order valence-electron chi connectivity index (χ3n) is 3.66. The molecule has 0 atom stereocenters. The highest BCUT2D eigenvalue weighted by molar-refractivity contribution is 7.99. The number of ether oxygens (including phenoxy) is 2.